The zero-order valence-corrected chi connectivity index (χ0v) is 25.1. The first-order valence-electron chi connectivity index (χ1n) is 15.1. The molecule has 4 aromatic carbocycles. The van der Waals surface area contributed by atoms with Crippen molar-refractivity contribution < 1.29 is 39.5 Å². The van der Waals surface area contributed by atoms with Crippen LogP contribution in [0, 0.1) is 0 Å². The van der Waals surface area contributed by atoms with Gasteiger partial charge < -0.3 is 45.9 Å². The van der Waals surface area contributed by atoms with Gasteiger partial charge in [0.2, 0.25) is 6.29 Å². The number of anilines is 2. The summed E-state index contributed by atoms with van der Waals surface area (Å²) in [5, 5.41) is 48.6. The summed E-state index contributed by atoms with van der Waals surface area (Å²) in [6, 6.07) is 28.1. The summed E-state index contributed by atoms with van der Waals surface area (Å²) in [7, 11) is 0. The van der Waals surface area contributed by atoms with E-state index < -0.39 is 37.3 Å². The molecule has 12 nitrogen and oxygen atoms in total. The Hall–Kier alpha value is -5.11. The van der Waals surface area contributed by atoms with E-state index in [1.807, 2.05) is 48.5 Å². The quantitative estimate of drug-likeness (QED) is 0.145. The Kier molecular flexibility index (Phi) is 9.57. The number of nitrogens with one attached hydrogen (secondary N) is 3. The number of aliphatic hydroxyl groups excluding tert-OH is 4. The van der Waals surface area contributed by atoms with E-state index in [1.165, 1.54) is 6.07 Å². The molecular formula is C35H34N4O8. The Balaban J connectivity index is 1.05. The van der Waals surface area contributed by atoms with Crippen LogP contribution in [0.4, 0.5) is 11.4 Å². The van der Waals surface area contributed by atoms with Crippen molar-refractivity contribution in [2.45, 2.75) is 30.7 Å². The monoisotopic (exact) mass is 638 g/mol. The topological polar surface area (TPSA) is 182 Å². The van der Waals surface area contributed by atoms with Crippen LogP contribution in [-0.2, 0) is 4.74 Å². The van der Waals surface area contributed by atoms with E-state index in [0.717, 1.165) is 35.6 Å². The van der Waals surface area contributed by atoms with Gasteiger partial charge in [0, 0.05) is 40.7 Å². The molecule has 7 N–H and O–H groups in total. The average Bonchev–Trinajstić information content (AvgIpc) is 3.64. The zero-order chi connectivity index (χ0) is 32.9. The number of carbonyl (C=O) groups is 2. The molecule has 0 saturated carbocycles. The summed E-state index contributed by atoms with van der Waals surface area (Å²) in [4.78, 5) is 30.3. The highest BCUT2D eigenvalue weighted by Crippen LogP contribution is 2.27. The summed E-state index contributed by atoms with van der Waals surface area (Å²) in [5.74, 6) is 0.449. The molecule has 2 aliphatic heterocycles. The van der Waals surface area contributed by atoms with Gasteiger partial charge in [-0.15, -0.1) is 0 Å². The van der Waals surface area contributed by atoms with Gasteiger partial charge in [-0.1, -0.05) is 42.5 Å². The molecule has 0 bridgehead atoms. The first kappa shape index (κ1) is 31.9. The third kappa shape index (κ3) is 7.32. The lowest BCUT2D eigenvalue weighted by Gasteiger charge is -2.39. The molecule has 6 rings (SSSR count). The number of aliphatic imine (C=N–C) groups is 1. The van der Waals surface area contributed by atoms with E-state index in [9.17, 15) is 30.0 Å². The van der Waals surface area contributed by atoms with Crippen LogP contribution in [0.1, 0.15) is 26.3 Å². The molecule has 242 valence electrons. The van der Waals surface area contributed by atoms with E-state index in [-0.39, 0.29) is 17.6 Å². The fourth-order valence-electron chi connectivity index (χ4n) is 5.32. The molecule has 2 amide bonds. The van der Waals surface area contributed by atoms with Crippen molar-refractivity contribution in [1.29, 1.82) is 0 Å². The van der Waals surface area contributed by atoms with Gasteiger partial charge in [-0.2, -0.15) is 0 Å². The lowest BCUT2D eigenvalue weighted by atomic mass is 9.99. The van der Waals surface area contributed by atoms with Crippen molar-refractivity contribution in [3.63, 3.8) is 0 Å². The lowest BCUT2D eigenvalue weighted by Crippen LogP contribution is -2.60. The standard InChI is InChI=1S/C35H34N4O8/c40-19-28-29(41)30(42)31(43)35(47-28)46-27-6-2-5-26(18-27)39-34(45)23-13-9-21(10-14-23)20-7-11-22(12-8-20)33(44)38-25-4-1-3-24(17-25)32-36-15-16-37-32/h1-14,17-18,28-31,35,40-43H,15-16,19H2,(H,36,37)(H,38,44)(H,39,45)/t28-,29-,30+,31-,35-/m1/s1. The molecule has 0 spiro atoms. The fourth-order valence-corrected chi connectivity index (χ4v) is 5.32. The average molecular weight is 639 g/mol. The molecule has 1 saturated heterocycles. The highest BCUT2D eigenvalue weighted by molar-refractivity contribution is 6.06. The van der Waals surface area contributed by atoms with Crippen LogP contribution < -0.4 is 20.7 Å². The van der Waals surface area contributed by atoms with Gasteiger partial charge in [0.05, 0.1) is 13.2 Å². The van der Waals surface area contributed by atoms with Gasteiger partial charge in [0.1, 0.15) is 36.0 Å². The summed E-state index contributed by atoms with van der Waals surface area (Å²) < 4.78 is 11.0. The number of ether oxygens (including phenoxy) is 2. The Labute approximate surface area is 270 Å². The van der Waals surface area contributed by atoms with Crippen LogP contribution in [0.15, 0.2) is 102 Å². The molecule has 47 heavy (non-hydrogen) atoms. The Morgan fingerprint density at radius 1 is 0.766 bits per heavy atom. The van der Waals surface area contributed by atoms with E-state index >= 15 is 0 Å². The van der Waals surface area contributed by atoms with E-state index in [4.69, 9.17) is 9.47 Å². The Bertz CT molecular complexity index is 1760. The summed E-state index contributed by atoms with van der Waals surface area (Å²) in [6.07, 6.45) is -7.08. The van der Waals surface area contributed by atoms with Crippen molar-refractivity contribution >= 4 is 29.0 Å². The first-order valence-corrected chi connectivity index (χ1v) is 15.1. The molecule has 5 atom stereocenters. The summed E-state index contributed by atoms with van der Waals surface area (Å²) >= 11 is 0. The number of amidine groups is 1. The minimum atomic E-state index is -1.57. The maximum absolute atomic E-state index is 13.0. The van der Waals surface area contributed by atoms with Crippen LogP contribution in [-0.4, -0.2) is 88.5 Å². The van der Waals surface area contributed by atoms with Gasteiger partial charge in [-0.05, 0) is 59.7 Å². The highest BCUT2D eigenvalue weighted by Gasteiger charge is 2.44. The smallest absolute Gasteiger partial charge is 0.255 e. The van der Waals surface area contributed by atoms with Gasteiger partial charge in [-0.25, -0.2) is 0 Å². The van der Waals surface area contributed by atoms with Crippen LogP contribution in [0.25, 0.3) is 11.1 Å². The number of hydrogen-bond acceptors (Lipinski definition) is 10. The molecule has 4 aromatic rings. The predicted octanol–water partition coefficient (Wildman–Crippen LogP) is 2.39. The van der Waals surface area contributed by atoms with Crippen LogP contribution in [0.2, 0.25) is 0 Å². The number of aliphatic hydroxyl groups is 4. The second-order valence-electron chi connectivity index (χ2n) is 11.1. The molecule has 12 heteroatoms. The first-order chi connectivity index (χ1) is 22.8. The molecule has 2 aliphatic rings. The molecule has 0 unspecified atom stereocenters. The molecule has 1 fully saturated rings. The Morgan fingerprint density at radius 3 is 1.94 bits per heavy atom. The van der Waals surface area contributed by atoms with E-state index in [1.54, 1.807) is 42.5 Å². The normalized spacial score (nSPS) is 22.1. The maximum atomic E-state index is 13.0. The van der Waals surface area contributed by atoms with Crippen molar-refractivity contribution in [3.8, 4) is 16.9 Å². The second kappa shape index (κ2) is 14.1. The van der Waals surface area contributed by atoms with E-state index in [0.29, 0.717) is 22.5 Å². The van der Waals surface area contributed by atoms with Crippen LogP contribution in [0.5, 0.6) is 5.75 Å². The fraction of sp³-hybridized carbons (Fsp3) is 0.229. The van der Waals surface area contributed by atoms with Gasteiger partial charge >= 0.3 is 0 Å². The third-order valence-corrected chi connectivity index (χ3v) is 7.89. The minimum Gasteiger partial charge on any atom is -0.462 e. The zero-order valence-electron chi connectivity index (χ0n) is 25.1. The predicted molar refractivity (Wildman–Crippen MR) is 174 cm³/mol. The SMILES string of the molecule is O=C(Nc1cccc(O[C@@H]2O[C@H](CO)[C@@H](O)[C@H](O)[C@H]2O)c1)c1ccc(-c2ccc(C(=O)Nc3cccc(C4=NCCN4)c3)cc2)cc1. The lowest BCUT2D eigenvalue weighted by molar-refractivity contribution is -0.277. The van der Waals surface area contributed by atoms with Crippen molar-refractivity contribution in [3.05, 3.63) is 114 Å². The largest absolute Gasteiger partial charge is 0.462 e. The van der Waals surface area contributed by atoms with Crippen LogP contribution >= 0.6 is 0 Å². The third-order valence-electron chi connectivity index (χ3n) is 7.89. The maximum Gasteiger partial charge on any atom is 0.255 e. The number of amides is 2. The van der Waals surface area contributed by atoms with Crippen LogP contribution in [0.3, 0.4) is 0 Å². The Morgan fingerprint density at radius 2 is 1.36 bits per heavy atom. The molecule has 0 radical (unpaired) electrons. The number of benzene rings is 4. The van der Waals surface area contributed by atoms with E-state index in [2.05, 4.69) is 20.9 Å². The molecule has 2 heterocycles. The number of rotatable bonds is 9. The van der Waals surface area contributed by atoms with Gasteiger partial charge in [-0.3, -0.25) is 14.6 Å². The number of carbonyl (C=O) groups excluding carboxylic acids is 2. The number of hydrogen-bond donors (Lipinski definition) is 7. The summed E-state index contributed by atoms with van der Waals surface area (Å²) in [6.45, 7) is 0.961. The van der Waals surface area contributed by atoms with Gasteiger partial charge in [0.15, 0.2) is 0 Å². The molecule has 0 aliphatic carbocycles. The minimum absolute atomic E-state index is 0.226. The summed E-state index contributed by atoms with van der Waals surface area (Å²) in [5.41, 5.74) is 4.65. The van der Waals surface area contributed by atoms with Gasteiger partial charge in [0.25, 0.3) is 11.8 Å². The van der Waals surface area contributed by atoms with Crippen molar-refractivity contribution in [2.75, 3.05) is 30.3 Å². The molecule has 0 aromatic heterocycles. The highest BCUT2D eigenvalue weighted by atomic mass is 16.7. The van der Waals surface area contributed by atoms with Crippen molar-refractivity contribution in [2.24, 2.45) is 4.99 Å². The number of nitrogens with zero attached hydrogens (tertiary/aromatic N) is 1. The van der Waals surface area contributed by atoms with Crippen molar-refractivity contribution in [1.82, 2.24) is 5.32 Å². The second-order valence-corrected chi connectivity index (χ2v) is 11.1. The molecular weight excluding hydrogens is 604 g/mol.